The number of aryl methyl sites for hydroxylation is 1. The van der Waals surface area contributed by atoms with Crippen LogP contribution in [0.4, 0.5) is 0 Å². The number of carbonyl (C=O) groups is 2. The molecule has 0 amide bonds. The Morgan fingerprint density at radius 2 is 1.72 bits per heavy atom. The summed E-state index contributed by atoms with van der Waals surface area (Å²) < 4.78 is 5.12. The fraction of sp³-hybridized carbons (Fsp3) is 0.556. The summed E-state index contributed by atoms with van der Waals surface area (Å²) in [4.78, 5) is 21.6. The van der Waals surface area contributed by atoms with E-state index in [0.29, 0.717) is 5.75 Å². The van der Waals surface area contributed by atoms with Gasteiger partial charge in [0.05, 0.1) is 13.5 Å². The fourth-order valence-corrected chi connectivity index (χ4v) is 3.47. The van der Waals surface area contributed by atoms with Crippen molar-refractivity contribution in [3.05, 3.63) is 29.8 Å². The third-order valence-electron chi connectivity index (χ3n) is 3.85. The number of aliphatic carboxylic acids is 2. The summed E-state index contributed by atoms with van der Waals surface area (Å²) in [5.41, 5.74) is -0.916. The Bertz CT molecular complexity index is 545. The first kappa shape index (κ1) is 21.3. The lowest BCUT2D eigenvalue weighted by atomic mass is 10.0. The molecule has 0 aromatic heterocycles. The summed E-state index contributed by atoms with van der Waals surface area (Å²) in [5.74, 6) is -1.35. The quantitative estimate of drug-likeness (QED) is 0.459. The molecule has 0 spiro atoms. The molecule has 6 nitrogen and oxygen atoms in total. The summed E-state index contributed by atoms with van der Waals surface area (Å²) in [5, 5.41) is 27.5. The lowest BCUT2D eigenvalue weighted by molar-refractivity contribution is -0.162. The van der Waals surface area contributed by atoms with Crippen LogP contribution in [0.3, 0.4) is 0 Å². The van der Waals surface area contributed by atoms with E-state index in [2.05, 4.69) is 12.1 Å². The van der Waals surface area contributed by atoms with Crippen molar-refractivity contribution in [1.29, 1.82) is 0 Å². The number of hydrogen-bond acceptors (Lipinski definition) is 5. The van der Waals surface area contributed by atoms with Gasteiger partial charge in [-0.15, -0.1) is 0 Å². The Morgan fingerprint density at radius 3 is 2.28 bits per heavy atom. The zero-order valence-corrected chi connectivity index (χ0v) is 15.3. The van der Waals surface area contributed by atoms with Crippen molar-refractivity contribution < 1.29 is 29.6 Å². The van der Waals surface area contributed by atoms with Crippen LogP contribution in [0.5, 0.6) is 5.75 Å². The van der Waals surface area contributed by atoms with E-state index in [-0.39, 0.29) is 5.75 Å². The minimum absolute atomic E-state index is 0.111. The molecule has 0 bridgehead atoms. The van der Waals surface area contributed by atoms with Crippen LogP contribution in [0.2, 0.25) is 0 Å². The molecule has 0 saturated heterocycles. The van der Waals surface area contributed by atoms with E-state index in [9.17, 15) is 14.7 Å². The molecule has 1 rings (SSSR count). The van der Waals surface area contributed by atoms with Crippen molar-refractivity contribution in [2.24, 2.45) is 0 Å². The van der Waals surface area contributed by atoms with Crippen LogP contribution >= 0.6 is 11.8 Å². The highest BCUT2D eigenvalue weighted by atomic mass is 32.2. The molecule has 1 aromatic carbocycles. The second-order valence-electron chi connectivity index (χ2n) is 5.97. The predicted octanol–water partition coefficient (Wildman–Crippen LogP) is 2.82. The summed E-state index contributed by atoms with van der Waals surface area (Å²) in [6, 6.07) is 8.02. The maximum absolute atomic E-state index is 11.0. The third-order valence-corrected chi connectivity index (χ3v) is 5.10. The molecule has 25 heavy (non-hydrogen) atoms. The molecule has 0 heterocycles. The zero-order chi connectivity index (χ0) is 18.7. The molecule has 1 unspecified atom stereocenters. The average Bonchev–Trinajstić information content (AvgIpc) is 2.57. The third kappa shape index (κ3) is 8.27. The van der Waals surface area contributed by atoms with Crippen LogP contribution in [0.15, 0.2) is 24.3 Å². The van der Waals surface area contributed by atoms with E-state index >= 15 is 0 Å². The van der Waals surface area contributed by atoms with E-state index in [1.165, 1.54) is 17.3 Å². The molecule has 0 saturated carbocycles. The van der Waals surface area contributed by atoms with E-state index in [1.54, 1.807) is 7.11 Å². The molecule has 7 heteroatoms. The molecule has 1 aromatic rings. The fourth-order valence-electron chi connectivity index (χ4n) is 2.36. The van der Waals surface area contributed by atoms with Crippen molar-refractivity contribution in [3.8, 4) is 5.75 Å². The Labute approximate surface area is 152 Å². The standard InChI is InChI=1S/C18H26O6S/c1-24-15-9-7-14(8-10-15)6-4-2-3-5-11-25-13-18(23,17(21)22)12-16(19)20/h7-10,23H,2-6,11-13H2,1H3,(H,19,20)(H,21,22). The minimum atomic E-state index is -2.19. The topological polar surface area (TPSA) is 104 Å². The number of thioether (sulfide) groups is 1. The molecule has 0 aliphatic rings. The normalized spacial score (nSPS) is 13.2. The van der Waals surface area contributed by atoms with Gasteiger partial charge in [0.15, 0.2) is 5.60 Å². The lowest BCUT2D eigenvalue weighted by Gasteiger charge is -2.20. The predicted molar refractivity (Wildman–Crippen MR) is 97.3 cm³/mol. The Kier molecular flexibility index (Phi) is 9.37. The largest absolute Gasteiger partial charge is 0.497 e. The van der Waals surface area contributed by atoms with Gasteiger partial charge in [0.2, 0.25) is 0 Å². The van der Waals surface area contributed by atoms with Crippen molar-refractivity contribution in [2.75, 3.05) is 18.6 Å². The minimum Gasteiger partial charge on any atom is -0.497 e. The van der Waals surface area contributed by atoms with Gasteiger partial charge in [-0.05, 0) is 42.7 Å². The number of carboxylic acids is 2. The molecule has 0 fully saturated rings. The number of carboxylic acid groups (broad SMARTS) is 2. The number of aliphatic hydroxyl groups is 1. The molecule has 0 aliphatic heterocycles. The first-order valence-electron chi connectivity index (χ1n) is 8.25. The van der Waals surface area contributed by atoms with Gasteiger partial charge in [-0.1, -0.05) is 25.0 Å². The SMILES string of the molecule is COc1ccc(CCCCCCSCC(O)(CC(=O)O)C(=O)O)cc1. The van der Waals surface area contributed by atoms with Gasteiger partial charge in [0.1, 0.15) is 5.75 Å². The van der Waals surface area contributed by atoms with Crippen LogP contribution < -0.4 is 4.74 Å². The molecule has 1 atom stereocenters. The van der Waals surface area contributed by atoms with Gasteiger partial charge in [-0.3, -0.25) is 4.79 Å². The highest BCUT2D eigenvalue weighted by Gasteiger charge is 2.38. The molecular formula is C18H26O6S. The zero-order valence-electron chi connectivity index (χ0n) is 14.4. The van der Waals surface area contributed by atoms with Crippen molar-refractivity contribution in [2.45, 2.75) is 44.1 Å². The van der Waals surface area contributed by atoms with Crippen molar-refractivity contribution >= 4 is 23.7 Å². The van der Waals surface area contributed by atoms with Gasteiger partial charge in [0.25, 0.3) is 0 Å². The number of unbranched alkanes of at least 4 members (excludes halogenated alkanes) is 3. The monoisotopic (exact) mass is 370 g/mol. The highest BCUT2D eigenvalue weighted by molar-refractivity contribution is 7.99. The van der Waals surface area contributed by atoms with Crippen LogP contribution in [-0.4, -0.2) is 51.5 Å². The first-order chi connectivity index (χ1) is 11.9. The van der Waals surface area contributed by atoms with Gasteiger partial charge in [0, 0.05) is 5.75 Å². The summed E-state index contributed by atoms with van der Waals surface area (Å²) in [6.07, 6.45) is 4.31. The number of methoxy groups -OCH3 is 1. The van der Waals surface area contributed by atoms with Gasteiger partial charge in [-0.25, -0.2) is 4.79 Å². The van der Waals surface area contributed by atoms with Gasteiger partial charge in [-0.2, -0.15) is 11.8 Å². The molecule has 0 radical (unpaired) electrons. The molecular weight excluding hydrogens is 344 g/mol. The summed E-state index contributed by atoms with van der Waals surface area (Å²) in [7, 11) is 1.64. The van der Waals surface area contributed by atoms with E-state index in [4.69, 9.17) is 14.9 Å². The number of hydrogen-bond donors (Lipinski definition) is 3. The van der Waals surface area contributed by atoms with Gasteiger partial charge < -0.3 is 20.1 Å². The average molecular weight is 370 g/mol. The maximum Gasteiger partial charge on any atom is 0.337 e. The van der Waals surface area contributed by atoms with Crippen molar-refractivity contribution in [1.82, 2.24) is 0 Å². The van der Waals surface area contributed by atoms with Gasteiger partial charge >= 0.3 is 11.9 Å². The van der Waals surface area contributed by atoms with E-state index in [1.807, 2.05) is 12.1 Å². The second-order valence-corrected chi connectivity index (χ2v) is 7.08. The first-order valence-corrected chi connectivity index (χ1v) is 9.41. The second kappa shape index (κ2) is 11.0. The Morgan fingerprint density at radius 1 is 1.08 bits per heavy atom. The molecule has 3 N–H and O–H groups in total. The van der Waals surface area contributed by atoms with Crippen LogP contribution in [-0.2, 0) is 16.0 Å². The maximum atomic E-state index is 11.0. The number of benzene rings is 1. The smallest absolute Gasteiger partial charge is 0.337 e. The molecule has 140 valence electrons. The Hall–Kier alpha value is -1.73. The van der Waals surface area contributed by atoms with E-state index < -0.39 is 24.0 Å². The molecule has 0 aliphatic carbocycles. The number of rotatable bonds is 13. The lowest BCUT2D eigenvalue weighted by Crippen LogP contribution is -2.43. The summed E-state index contributed by atoms with van der Waals surface area (Å²) in [6.45, 7) is 0. The summed E-state index contributed by atoms with van der Waals surface area (Å²) >= 11 is 1.28. The van der Waals surface area contributed by atoms with E-state index in [0.717, 1.165) is 37.9 Å². The van der Waals surface area contributed by atoms with Crippen LogP contribution in [0, 0.1) is 0 Å². The highest BCUT2D eigenvalue weighted by Crippen LogP contribution is 2.20. The van der Waals surface area contributed by atoms with Crippen LogP contribution in [0.25, 0.3) is 0 Å². The van der Waals surface area contributed by atoms with Crippen LogP contribution in [0.1, 0.15) is 37.7 Å². The number of ether oxygens (including phenoxy) is 1. The van der Waals surface area contributed by atoms with Crippen molar-refractivity contribution in [3.63, 3.8) is 0 Å². The Balaban J connectivity index is 2.13.